The minimum Gasteiger partial charge on any atom is -0.370 e. The predicted octanol–water partition coefficient (Wildman–Crippen LogP) is 3.53. The highest BCUT2D eigenvalue weighted by Gasteiger charge is 2.10. The topological polar surface area (TPSA) is 49.8 Å². The van der Waals surface area contributed by atoms with E-state index in [1.807, 2.05) is 6.07 Å². The third kappa shape index (κ3) is 3.20. The molecule has 1 atom stereocenters. The van der Waals surface area contributed by atoms with Gasteiger partial charge in [-0.2, -0.15) is 0 Å². The van der Waals surface area contributed by atoms with E-state index in [1.54, 1.807) is 17.7 Å². The summed E-state index contributed by atoms with van der Waals surface area (Å²) < 4.78 is 0. The first-order chi connectivity index (χ1) is 8.83. The van der Waals surface area contributed by atoms with Crippen LogP contribution in [0.3, 0.4) is 0 Å². The Labute approximate surface area is 111 Å². The summed E-state index contributed by atoms with van der Waals surface area (Å²) in [5.41, 5.74) is 0. The molecule has 0 saturated carbocycles. The zero-order chi connectivity index (χ0) is 12.8. The summed E-state index contributed by atoms with van der Waals surface area (Å²) in [6.07, 6.45) is 2.61. The Morgan fingerprint density at radius 2 is 2.11 bits per heavy atom. The average molecular weight is 262 g/mol. The van der Waals surface area contributed by atoms with Gasteiger partial charge in [0.15, 0.2) is 0 Å². The van der Waals surface area contributed by atoms with Crippen LogP contribution < -0.4 is 10.6 Å². The highest BCUT2D eigenvalue weighted by Crippen LogP contribution is 2.25. The molecular weight excluding hydrogens is 244 g/mol. The number of nitrogens with one attached hydrogen (secondary N) is 2. The van der Waals surface area contributed by atoms with Gasteiger partial charge in [0.1, 0.15) is 18.0 Å². The molecule has 0 bridgehead atoms. The Bertz CT molecular complexity index is 470. The second-order valence-corrected chi connectivity index (χ2v) is 4.92. The third-order valence-electron chi connectivity index (χ3n) is 2.64. The second-order valence-electron chi connectivity index (χ2n) is 3.94. The maximum Gasteiger partial charge on any atom is 0.131 e. The average Bonchev–Trinajstić information content (AvgIpc) is 2.90. The van der Waals surface area contributed by atoms with Crippen LogP contribution in [0.15, 0.2) is 29.9 Å². The van der Waals surface area contributed by atoms with Crippen molar-refractivity contribution in [3.05, 3.63) is 34.8 Å². The number of nitrogens with zero attached hydrogens (tertiary/aromatic N) is 2. The summed E-state index contributed by atoms with van der Waals surface area (Å²) in [5, 5.41) is 8.74. The normalized spacial score (nSPS) is 12.1. The fraction of sp³-hybridized carbons (Fsp3) is 0.385. The molecule has 0 radical (unpaired) electrons. The maximum absolute atomic E-state index is 4.26. The Morgan fingerprint density at radius 3 is 2.78 bits per heavy atom. The molecule has 2 heterocycles. The molecule has 1 unspecified atom stereocenters. The van der Waals surface area contributed by atoms with Gasteiger partial charge in [0.05, 0.1) is 6.04 Å². The van der Waals surface area contributed by atoms with Gasteiger partial charge in [-0.1, -0.05) is 13.0 Å². The van der Waals surface area contributed by atoms with E-state index in [4.69, 9.17) is 0 Å². The lowest BCUT2D eigenvalue weighted by Gasteiger charge is -2.16. The van der Waals surface area contributed by atoms with Gasteiger partial charge in [0.25, 0.3) is 0 Å². The van der Waals surface area contributed by atoms with Crippen LogP contribution in [0.25, 0.3) is 0 Å². The quantitative estimate of drug-likeness (QED) is 0.836. The van der Waals surface area contributed by atoms with E-state index in [0.717, 1.165) is 24.6 Å². The van der Waals surface area contributed by atoms with Gasteiger partial charge in [-0.25, -0.2) is 9.97 Å². The van der Waals surface area contributed by atoms with E-state index in [2.05, 4.69) is 52.0 Å². The van der Waals surface area contributed by atoms with E-state index >= 15 is 0 Å². The molecule has 2 rings (SSSR count). The molecule has 0 spiro atoms. The van der Waals surface area contributed by atoms with Crippen LogP contribution in [-0.2, 0) is 0 Å². The van der Waals surface area contributed by atoms with E-state index in [9.17, 15) is 0 Å². The van der Waals surface area contributed by atoms with Crippen LogP contribution in [0.5, 0.6) is 0 Å². The van der Waals surface area contributed by atoms with Crippen LogP contribution >= 0.6 is 11.3 Å². The number of rotatable bonds is 6. The minimum absolute atomic E-state index is 0.314. The molecule has 96 valence electrons. The number of aromatic nitrogens is 2. The maximum atomic E-state index is 4.26. The minimum atomic E-state index is 0.314. The summed E-state index contributed by atoms with van der Waals surface area (Å²) in [7, 11) is 0. The lowest BCUT2D eigenvalue weighted by molar-refractivity contribution is 0.758. The van der Waals surface area contributed by atoms with Crippen molar-refractivity contribution in [2.45, 2.75) is 26.3 Å². The van der Waals surface area contributed by atoms with Gasteiger partial charge < -0.3 is 10.6 Å². The van der Waals surface area contributed by atoms with Crippen LogP contribution in [-0.4, -0.2) is 16.5 Å². The van der Waals surface area contributed by atoms with Crippen molar-refractivity contribution in [2.24, 2.45) is 0 Å². The van der Waals surface area contributed by atoms with Crippen LogP contribution in [0.2, 0.25) is 0 Å². The lowest BCUT2D eigenvalue weighted by Crippen LogP contribution is -2.10. The zero-order valence-corrected chi connectivity index (χ0v) is 11.5. The van der Waals surface area contributed by atoms with Gasteiger partial charge in [-0.05, 0) is 24.8 Å². The number of hydrogen-bond donors (Lipinski definition) is 2. The van der Waals surface area contributed by atoms with Crippen molar-refractivity contribution in [1.82, 2.24) is 9.97 Å². The zero-order valence-electron chi connectivity index (χ0n) is 10.7. The molecule has 0 aliphatic rings. The molecule has 0 aliphatic heterocycles. The molecule has 0 saturated heterocycles. The molecule has 0 fully saturated rings. The Balaban J connectivity index is 2.09. The molecule has 2 N–H and O–H groups in total. The predicted molar refractivity (Wildman–Crippen MR) is 77.2 cm³/mol. The summed E-state index contributed by atoms with van der Waals surface area (Å²) >= 11 is 1.77. The SMILES string of the molecule is CCNc1cc(NC(CC)c2cccs2)ncn1. The lowest BCUT2D eigenvalue weighted by atomic mass is 10.2. The van der Waals surface area contributed by atoms with Gasteiger partial charge >= 0.3 is 0 Å². The molecule has 2 aromatic rings. The molecule has 2 aromatic heterocycles. The summed E-state index contributed by atoms with van der Waals surface area (Å²) in [6, 6.07) is 6.49. The molecule has 0 aliphatic carbocycles. The summed E-state index contributed by atoms with van der Waals surface area (Å²) in [4.78, 5) is 9.76. The van der Waals surface area contributed by atoms with Gasteiger partial charge in [0.2, 0.25) is 0 Å². The second kappa shape index (κ2) is 6.35. The standard InChI is InChI=1S/C13H18N4S/c1-3-10(11-6-5-7-18-11)17-13-8-12(14-4-2)15-9-16-13/h5-10H,3-4H2,1-2H3,(H2,14,15,16,17). The first-order valence-electron chi connectivity index (χ1n) is 6.19. The van der Waals surface area contributed by atoms with Crippen LogP contribution in [0.4, 0.5) is 11.6 Å². The van der Waals surface area contributed by atoms with Crippen molar-refractivity contribution < 1.29 is 0 Å². The number of hydrogen-bond acceptors (Lipinski definition) is 5. The summed E-state index contributed by atoms with van der Waals surface area (Å²) in [5.74, 6) is 1.72. The Kier molecular flexibility index (Phi) is 4.52. The van der Waals surface area contributed by atoms with E-state index < -0.39 is 0 Å². The highest BCUT2D eigenvalue weighted by atomic mass is 32.1. The molecular formula is C13H18N4S. The summed E-state index contributed by atoms with van der Waals surface area (Å²) in [6.45, 7) is 5.08. The Hall–Kier alpha value is -1.62. The van der Waals surface area contributed by atoms with Gasteiger partial charge in [-0.3, -0.25) is 0 Å². The van der Waals surface area contributed by atoms with E-state index in [0.29, 0.717) is 6.04 Å². The van der Waals surface area contributed by atoms with Gasteiger partial charge in [-0.15, -0.1) is 11.3 Å². The van der Waals surface area contributed by atoms with Crippen molar-refractivity contribution in [3.63, 3.8) is 0 Å². The molecule has 4 nitrogen and oxygen atoms in total. The first kappa shape index (κ1) is 12.8. The van der Waals surface area contributed by atoms with Crippen LogP contribution in [0.1, 0.15) is 31.2 Å². The molecule has 0 amide bonds. The monoisotopic (exact) mass is 262 g/mol. The number of anilines is 2. The first-order valence-corrected chi connectivity index (χ1v) is 7.07. The van der Waals surface area contributed by atoms with Crippen LogP contribution in [0, 0.1) is 0 Å². The van der Waals surface area contributed by atoms with E-state index in [1.165, 1.54) is 4.88 Å². The van der Waals surface area contributed by atoms with Gasteiger partial charge in [0, 0.05) is 17.5 Å². The molecule has 18 heavy (non-hydrogen) atoms. The third-order valence-corrected chi connectivity index (χ3v) is 3.63. The van der Waals surface area contributed by atoms with Crippen molar-refractivity contribution in [1.29, 1.82) is 0 Å². The highest BCUT2D eigenvalue weighted by molar-refractivity contribution is 7.10. The van der Waals surface area contributed by atoms with Crippen molar-refractivity contribution in [3.8, 4) is 0 Å². The largest absolute Gasteiger partial charge is 0.370 e. The fourth-order valence-corrected chi connectivity index (χ4v) is 2.62. The Morgan fingerprint density at radius 1 is 1.28 bits per heavy atom. The van der Waals surface area contributed by atoms with E-state index in [-0.39, 0.29) is 0 Å². The van der Waals surface area contributed by atoms with Crippen molar-refractivity contribution in [2.75, 3.05) is 17.2 Å². The number of thiophene rings is 1. The van der Waals surface area contributed by atoms with Crippen molar-refractivity contribution >= 4 is 23.0 Å². The molecule has 0 aromatic carbocycles. The fourth-order valence-electron chi connectivity index (χ4n) is 1.76. The smallest absolute Gasteiger partial charge is 0.131 e. The molecule has 5 heteroatoms.